The Balaban J connectivity index is 1.21. The van der Waals surface area contributed by atoms with Crippen LogP contribution in [-0.2, 0) is 29.1 Å². The average Bonchev–Trinajstić information content (AvgIpc) is 3.30. The van der Waals surface area contributed by atoms with Gasteiger partial charge < -0.3 is 19.4 Å². The summed E-state index contributed by atoms with van der Waals surface area (Å²) in [6.45, 7) is 4.02. The highest BCUT2D eigenvalue weighted by atomic mass is 35.5. The van der Waals surface area contributed by atoms with Crippen molar-refractivity contribution in [2.75, 3.05) is 39.3 Å². The van der Waals surface area contributed by atoms with Crippen molar-refractivity contribution >= 4 is 50.1 Å². The van der Waals surface area contributed by atoms with Gasteiger partial charge in [-0.3, -0.25) is 14.4 Å². The number of amides is 3. The minimum atomic E-state index is -3.98. The van der Waals surface area contributed by atoms with E-state index in [1.165, 1.54) is 17.0 Å². The number of carbonyl (C=O) groups excluding carboxylic acids is 3. The summed E-state index contributed by atoms with van der Waals surface area (Å²) < 4.78 is 34.4. The number of halogens is 1. The molecule has 3 fully saturated rings. The molecule has 0 saturated carbocycles. The minimum Gasteiger partial charge on any atom is -0.365 e. The van der Waals surface area contributed by atoms with Crippen LogP contribution < -0.4 is 4.72 Å². The molecule has 3 aliphatic rings. The molecule has 3 atom stereocenters. The highest BCUT2D eigenvalue weighted by molar-refractivity contribution is 7.89. The third kappa shape index (κ3) is 5.91. The third-order valence-corrected chi connectivity index (χ3v) is 9.47. The van der Waals surface area contributed by atoms with Gasteiger partial charge in [-0.15, -0.1) is 0 Å². The first-order chi connectivity index (χ1) is 18.6. The van der Waals surface area contributed by atoms with Crippen LogP contribution in [0, 0.1) is 0 Å². The number of morpholine rings is 1. The van der Waals surface area contributed by atoms with Crippen molar-refractivity contribution in [2.45, 2.75) is 55.7 Å². The summed E-state index contributed by atoms with van der Waals surface area (Å²) in [7, 11) is -3.98. The molecule has 3 heterocycles. The van der Waals surface area contributed by atoms with Gasteiger partial charge in [-0.05, 0) is 67.6 Å². The maximum absolute atomic E-state index is 13.3. The van der Waals surface area contributed by atoms with E-state index >= 15 is 0 Å². The number of sulfonamides is 1. The number of ether oxygens (including phenoxy) is 1. The molecule has 5 rings (SSSR count). The van der Waals surface area contributed by atoms with E-state index in [-0.39, 0.29) is 42.8 Å². The van der Waals surface area contributed by atoms with E-state index in [0.717, 1.165) is 24.6 Å². The summed E-state index contributed by atoms with van der Waals surface area (Å²) >= 11 is 6.02. The van der Waals surface area contributed by atoms with Crippen LogP contribution in [-0.4, -0.2) is 98.4 Å². The lowest BCUT2D eigenvalue weighted by molar-refractivity contribution is -0.158. The summed E-state index contributed by atoms with van der Waals surface area (Å²) in [5.74, 6) is -0.815. The Kier molecular flexibility index (Phi) is 8.14. The number of rotatable bonds is 6. The van der Waals surface area contributed by atoms with Crippen molar-refractivity contribution in [1.82, 2.24) is 19.4 Å². The lowest BCUT2D eigenvalue weighted by Crippen LogP contribution is -2.57. The second-order valence-electron chi connectivity index (χ2n) is 10.4. The van der Waals surface area contributed by atoms with Gasteiger partial charge in [0.25, 0.3) is 5.91 Å². The number of carbonyl (C=O) groups is 3. The lowest BCUT2D eigenvalue weighted by atomic mass is 10.1. The fourth-order valence-electron chi connectivity index (χ4n) is 5.53. The van der Waals surface area contributed by atoms with Crippen LogP contribution in [0.25, 0.3) is 10.8 Å². The molecule has 0 aliphatic carbocycles. The fourth-order valence-corrected chi connectivity index (χ4v) is 6.97. The Morgan fingerprint density at radius 2 is 1.72 bits per heavy atom. The van der Waals surface area contributed by atoms with E-state index in [1.54, 1.807) is 41.0 Å². The Labute approximate surface area is 233 Å². The number of hydrogen-bond acceptors (Lipinski definition) is 6. The minimum absolute atomic E-state index is 0.0467. The molecule has 1 N–H and O–H groups in total. The molecule has 39 heavy (non-hydrogen) atoms. The first-order valence-corrected chi connectivity index (χ1v) is 15.2. The smallest absolute Gasteiger partial charge is 0.253 e. The quantitative estimate of drug-likeness (QED) is 0.562. The number of piperidine rings is 1. The van der Waals surface area contributed by atoms with E-state index in [9.17, 15) is 22.8 Å². The Morgan fingerprint density at radius 3 is 2.49 bits per heavy atom. The largest absolute Gasteiger partial charge is 0.365 e. The zero-order valence-corrected chi connectivity index (χ0v) is 23.4. The third-order valence-electron chi connectivity index (χ3n) is 7.77. The molecule has 210 valence electrons. The van der Waals surface area contributed by atoms with Gasteiger partial charge in [-0.2, -0.15) is 4.72 Å². The summed E-state index contributed by atoms with van der Waals surface area (Å²) in [4.78, 5) is 44.3. The van der Waals surface area contributed by atoms with E-state index in [4.69, 9.17) is 16.3 Å². The van der Waals surface area contributed by atoms with Crippen molar-refractivity contribution in [2.24, 2.45) is 0 Å². The molecule has 3 aliphatic heterocycles. The molecule has 3 saturated heterocycles. The fraction of sp³-hybridized carbons (Fsp3) is 0.519. The van der Waals surface area contributed by atoms with Gasteiger partial charge in [0.15, 0.2) is 6.10 Å². The van der Waals surface area contributed by atoms with Gasteiger partial charge >= 0.3 is 0 Å². The van der Waals surface area contributed by atoms with Gasteiger partial charge in [0, 0.05) is 31.2 Å². The predicted molar refractivity (Wildman–Crippen MR) is 146 cm³/mol. The number of nitrogens with zero attached hydrogens (tertiary/aromatic N) is 3. The first kappa shape index (κ1) is 27.8. The van der Waals surface area contributed by atoms with Crippen molar-refractivity contribution in [3.63, 3.8) is 0 Å². The van der Waals surface area contributed by atoms with Gasteiger partial charge in [-0.25, -0.2) is 8.42 Å². The zero-order valence-electron chi connectivity index (χ0n) is 21.8. The number of hydrogen-bond donors (Lipinski definition) is 1. The molecule has 0 radical (unpaired) electrons. The summed E-state index contributed by atoms with van der Waals surface area (Å²) in [6, 6.07) is 8.10. The van der Waals surface area contributed by atoms with Crippen molar-refractivity contribution in [1.29, 1.82) is 0 Å². The molecule has 2 aromatic rings. The molecule has 10 nitrogen and oxygen atoms in total. The molecule has 0 bridgehead atoms. The van der Waals surface area contributed by atoms with Gasteiger partial charge in [-0.1, -0.05) is 23.7 Å². The second kappa shape index (κ2) is 11.4. The van der Waals surface area contributed by atoms with Crippen LogP contribution in [0.5, 0.6) is 0 Å². The molecular weight excluding hydrogens is 544 g/mol. The summed E-state index contributed by atoms with van der Waals surface area (Å²) in [6.07, 6.45) is 2.58. The Morgan fingerprint density at radius 1 is 1.00 bits per heavy atom. The Bertz CT molecular complexity index is 1380. The highest BCUT2D eigenvalue weighted by Gasteiger charge is 2.41. The van der Waals surface area contributed by atoms with Crippen LogP contribution in [0.15, 0.2) is 41.3 Å². The van der Waals surface area contributed by atoms with Crippen molar-refractivity contribution in [3.05, 3.63) is 41.4 Å². The number of likely N-dealkylation sites (tertiary alicyclic amines) is 2. The van der Waals surface area contributed by atoms with Crippen LogP contribution in [0.3, 0.4) is 0 Å². The van der Waals surface area contributed by atoms with Gasteiger partial charge in [0.2, 0.25) is 21.8 Å². The van der Waals surface area contributed by atoms with Crippen LogP contribution in [0.2, 0.25) is 5.02 Å². The SMILES string of the molecule is C[C@@H](C(=O)N1CCOC(C(=O)N2CCCCC2)C1)N1CC[C@H](NS(=O)(=O)c2ccc3cc(Cl)ccc3c2)C1=O. The molecular formula is C27H33ClN4O6S. The van der Waals surface area contributed by atoms with E-state index < -0.39 is 34.1 Å². The topological polar surface area (TPSA) is 116 Å². The summed E-state index contributed by atoms with van der Waals surface area (Å²) in [5, 5.41) is 2.07. The van der Waals surface area contributed by atoms with Crippen LogP contribution >= 0.6 is 11.6 Å². The van der Waals surface area contributed by atoms with Crippen LogP contribution in [0.1, 0.15) is 32.6 Å². The number of benzene rings is 2. The molecule has 2 aromatic carbocycles. The number of nitrogens with one attached hydrogen (secondary N) is 1. The van der Waals surface area contributed by atoms with Crippen molar-refractivity contribution in [3.8, 4) is 0 Å². The maximum Gasteiger partial charge on any atom is 0.253 e. The predicted octanol–water partition coefficient (Wildman–Crippen LogP) is 2.00. The molecule has 0 spiro atoms. The zero-order chi connectivity index (χ0) is 27.7. The maximum atomic E-state index is 13.3. The molecule has 12 heteroatoms. The molecule has 0 aromatic heterocycles. The lowest BCUT2D eigenvalue weighted by Gasteiger charge is -2.38. The van der Waals surface area contributed by atoms with Crippen molar-refractivity contribution < 1.29 is 27.5 Å². The first-order valence-electron chi connectivity index (χ1n) is 13.4. The van der Waals surface area contributed by atoms with E-state index in [0.29, 0.717) is 30.0 Å². The van der Waals surface area contributed by atoms with Gasteiger partial charge in [0.05, 0.1) is 18.0 Å². The second-order valence-corrected chi connectivity index (χ2v) is 12.5. The monoisotopic (exact) mass is 576 g/mol. The normalized spacial score (nSPS) is 23.3. The van der Waals surface area contributed by atoms with E-state index in [1.807, 2.05) is 0 Å². The standard InChI is InChI=1S/C27H33ClN4O6S/c1-18(25(33)31-13-14-38-24(17-31)27(35)30-10-3-2-4-11-30)32-12-9-23(26(32)34)29-39(36,37)22-8-6-19-15-21(28)7-5-20(19)16-22/h5-8,15-16,18,23-24,29H,2-4,9-14,17H2,1H3/t18-,23-,24?/m0/s1. The van der Waals surface area contributed by atoms with Gasteiger partial charge in [0.1, 0.15) is 12.1 Å². The molecule has 3 amide bonds. The Hall–Kier alpha value is -2.73. The molecule has 1 unspecified atom stereocenters. The highest BCUT2D eigenvalue weighted by Crippen LogP contribution is 2.24. The van der Waals surface area contributed by atoms with Crippen LogP contribution in [0.4, 0.5) is 0 Å². The average molecular weight is 577 g/mol. The summed E-state index contributed by atoms with van der Waals surface area (Å²) in [5.41, 5.74) is 0. The number of fused-ring (bicyclic) bond motifs is 1. The van der Waals surface area contributed by atoms with E-state index in [2.05, 4.69) is 4.72 Å².